The molecule has 2 heteroatoms. The van der Waals surface area contributed by atoms with Gasteiger partial charge in [0.25, 0.3) is 0 Å². The van der Waals surface area contributed by atoms with Crippen LogP contribution in [0.3, 0.4) is 0 Å². The molecule has 0 aromatic carbocycles. The fourth-order valence-electron chi connectivity index (χ4n) is 1.93. The van der Waals surface area contributed by atoms with Crippen molar-refractivity contribution in [2.45, 2.75) is 38.3 Å². The molecule has 2 nitrogen and oxygen atoms in total. The molecule has 1 unspecified atom stereocenters. The summed E-state index contributed by atoms with van der Waals surface area (Å²) in [6.45, 7) is 5.40. The largest absolute Gasteiger partial charge is 0.389 e. The van der Waals surface area contributed by atoms with E-state index in [4.69, 9.17) is 6.42 Å². The van der Waals surface area contributed by atoms with Gasteiger partial charge in [0.1, 0.15) is 0 Å². The fraction of sp³-hybridized carbons (Fsp3) is 0.800. The standard InChI is InChI=1S/C10H17NO/c1-4-7-11-8-5-6-9(11)10(2,3)12/h1,9,12H,5-8H2,2-3H3. The summed E-state index contributed by atoms with van der Waals surface area (Å²) in [5.74, 6) is 2.63. The van der Waals surface area contributed by atoms with Crippen LogP contribution in [0.5, 0.6) is 0 Å². The van der Waals surface area contributed by atoms with Gasteiger partial charge in [0, 0.05) is 6.04 Å². The van der Waals surface area contributed by atoms with E-state index in [9.17, 15) is 5.11 Å². The molecule has 1 heterocycles. The lowest BCUT2D eigenvalue weighted by atomic mass is 9.97. The van der Waals surface area contributed by atoms with Crippen molar-refractivity contribution in [3.05, 3.63) is 0 Å². The molecule has 12 heavy (non-hydrogen) atoms. The minimum absolute atomic E-state index is 0.244. The highest BCUT2D eigenvalue weighted by Gasteiger charge is 2.34. The number of terminal acetylenes is 1. The van der Waals surface area contributed by atoms with Crippen LogP contribution in [-0.4, -0.2) is 34.7 Å². The second-order valence-electron chi connectivity index (χ2n) is 3.99. The molecule has 1 aliphatic heterocycles. The summed E-state index contributed by atoms with van der Waals surface area (Å²) >= 11 is 0. The van der Waals surface area contributed by atoms with Crippen molar-refractivity contribution in [2.75, 3.05) is 13.1 Å². The fourth-order valence-corrected chi connectivity index (χ4v) is 1.93. The molecule has 0 aliphatic carbocycles. The molecule has 1 aliphatic rings. The Morgan fingerprint density at radius 2 is 2.33 bits per heavy atom. The number of aliphatic hydroxyl groups is 1. The van der Waals surface area contributed by atoms with Gasteiger partial charge in [-0.05, 0) is 33.2 Å². The molecule has 1 rings (SSSR count). The zero-order valence-corrected chi connectivity index (χ0v) is 7.88. The van der Waals surface area contributed by atoms with Crippen LogP contribution in [0.1, 0.15) is 26.7 Å². The molecule has 0 bridgehead atoms. The number of nitrogens with zero attached hydrogens (tertiary/aromatic N) is 1. The first-order valence-corrected chi connectivity index (χ1v) is 4.45. The van der Waals surface area contributed by atoms with Crippen LogP contribution in [0.2, 0.25) is 0 Å². The van der Waals surface area contributed by atoms with Crippen LogP contribution < -0.4 is 0 Å². The zero-order valence-electron chi connectivity index (χ0n) is 7.88. The third kappa shape index (κ3) is 2.00. The summed E-state index contributed by atoms with van der Waals surface area (Å²) in [5, 5.41) is 9.80. The van der Waals surface area contributed by atoms with Gasteiger partial charge in [0.2, 0.25) is 0 Å². The lowest BCUT2D eigenvalue weighted by Gasteiger charge is -2.32. The van der Waals surface area contributed by atoms with Crippen molar-refractivity contribution in [1.29, 1.82) is 0 Å². The van der Waals surface area contributed by atoms with Gasteiger partial charge >= 0.3 is 0 Å². The highest BCUT2D eigenvalue weighted by atomic mass is 16.3. The summed E-state index contributed by atoms with van der Waals surface area (Å²) in [4.78, 5) is 2.18. The smallest absolute Gasteiger partial charge is 0.0746 e. The van der Waals surface area contributed by atoms with Gasteiger partial charge in [-0.25, -0.2) is 0 Å². The third-order valence-electron chi connectivity index (χ3n) is 2.47. The van der Waals surface area contributed by atoms with E-state index < -0.39 is 5.60 Å². The molecule has 0 aromatic rings. The van der Waals surface area contributed by atoms with Gasteiger partial charge in [-0.1, -0.05) is 5.92 Å². The van der Waals surface area contributed by atoms with Gasteiger partial charge in [0.15, 0.2) is 0 Å². The van der Waals surface area contributed by atoms with Gasteiger partial charge < -0.3 is 5.11 Å². The molecule has 0 radical (unpaired) electrons. The summed E-state index contributed by atoms with van der Waals surface area (Å²) in [5.41, 5.74) is -0.618. The molecule has 0 spiro atoms. The lowest BCUT2D eigenvalue weighted by molar-refractivity contribution is 0.00201. The van der Waals surface area contributed by atoms with E-state index in [2.05, 4.69) is 10.8 Å². The molecular formula is C10H17NO. The Kier molecular flexibility index (Phi) is 2.76. The lowest BCUT2D eigenvalue weighted by Crippen LogP contribution is -2.45. The summed E-state index contributed by atoms with van der Waals surface area (Å²) in [6, 6.07) is 0.244. The highest BCUT2D eigenvalue weighted by Crippen LogP contribution is 2.25. The summed E-state index contributed by atoms with van der Waals surface area (Å²) < 4.78 is 0. The Balaban J connectivity index is 2.59. The maximum Gasteiger partial charge on any atom is 0.0746 e. The average molecular weight is 167 g/mol. The SMILES string of the molecule is C#CCN1CCCC1C(C)(C)O. The van der Waals surface area contributed by atoms with Crippen LogP contribution in [0.15, 0.2) is 0 Å². The average Bonchev–Trinajstić information content (AvgIpc) is 2.34. The van der Waals surface area contributed by atoms with Crippen LogP contribution in [0, 0.1) is 12.3 Å². The predicted molar refractivity (Wildman–Crippen MR) is 49.7 cm³/mol. The van der Waals surface area contributed by atoms with E-state index in [1.54, 1.807) is 0 Å². The Morgan fingerprint density at radius 1 is 1.67 bits per heavy atom. The summed E-state index contributed by atoms with van der Waals surface area (Å²) in [7, 11) is 0. The molecular weight excluding hydrogens is 150 g/mol. The maximum atomic E-state index is 9.80. The van der Waals surface area contributed by atoms with E-state index in [0.717, 1.165) is 19.4 Å². The van der Waals surface area contributed by atoms with Crippen molar-refractivity contribution < 1.29 is 5.11 Å². The molecule has 1 N–H and O–H groups in total. The van der Waals surface area contributed by atoms with Gasteiger partial charge in [-0.2, -0.15) is 0 Å². The monoisotopic (exact) mass is 167 g/mol. The Morgan fingerprint density at radius 3 is 2.83 bits per heavy atom. The molecule has 0 aromatic heterocycles. The first-order valence-electron chi connectivity index (χ1n) is 4.45. The second kappa shape index (κ2) is 3.47. The van der Waals surface area contributed by atoms with Crippen LogP contribution >= 0.6 is 0 Å². The molecule has 0 saturated carbocycles. The normalized spacial score (nSPS) is 25.7. The zero-order chi connectivity index (χ0) is 9.19. The second-order valence-corrected chi connectivity index (χ2v) is 3.99. The van der Waals surface area contributed by atoms with Crippen LogP contribution in [-0.2, 0) is 0 Å². The van der Waals surface area contributed by atoms with Crippen molar-refractivity contribution in [3.8, 4) is 12.3 Å². The van der Waals surface area contributed by atoms with Crippen molar-refractivity contribution >= 4 is 0 Å². The van der Waals surface area contributed by atoms with Crippen molar-refractivity contribution in [2.24, 2.45) is 0 Å². The van der Waals surface area contributed by atoms with Gasteiger partial charge in [-0.3, -0.25) is 4.90 Å². The number of hydrogen-bond acceptors (Lipinski definition) is 2. The molecule has 68 valence electrons. The predicted octanol–water partition coefficient (Wildman–Crippen LogP) is 0.855. The van der Waals surface area contributed by atoms with E-state index in [1.807, 2.05) is 13.8 Å². The van der Waals surface area contributed by atoms with Crippen LogP contribution in [0.25, 0.3) is 0 Å². The van der Waals surface area contributed by atoms with E-state index in [-0.39, 0.29) is 6.04 Å². The van der Waals surface area contributed by atoms with Gasteiger partial charge in [0.05, 0.1) is 12.1 Å². The topological polar surface area (TPSA) is 23.5 Å². The van der Waals surface area contributed by atoms with Crippen LogP contribution in [0.4, 0.5) is 0 Å². The van der Waals surface area contributed by atoms with E-state index >= 15 is 0 Å². The minimum atomic E-state index is -0.618. The maximum absolute atomic E-state index is 9.80. The quantitative estimate of drug-likeness (QED) is 0.616. The van der Waals surface area contributed by atoms with Crippen molar-refractivity contribution in [1.82, 2.24) is 4.90 Å². The number of rotatable bonds is 2. The first-order chi connectivity index (χ1) is 5.55. The molecule has 1 fully saturated rings. The molecule has 1 saturated heterocycles. The minimum Gasteiger partial charge on any atom is -0.389 e. The summed E-state index contributed by atoms with van der Waals surface area (Å²) in [6.07, 6.45) is 7.45. The van der Waals surface area contributed by atoms with E-state index in [1.165, 1.54) is 0 Å². The number of hydrogen-bond donors (Lipinski definition) is 1. The highest BCUT2D eigenvalue weighted by molar-refractivity contribution is 4.97. The first kappa shape index (κ1) is 9.57. The molecule has 1 atom stereocenters. The third-order valence-corrected chi connectivity index (χ3v) is 2.47. The van der Waals surface area contributed by atoms with Crippen molar-refractivity contribution in [3.63, 3.8) is 0 Å². The van der Waals surface area contributed by atoms with Gasteiger partial charge in [-0.15, -0.1) is 6.42 Å². The van der Waals surface area contributed by atoms with E-state index in [0.29, 0.717) is 6.54 Å². The number of likely N-dealkylation sites (tertiary alicyclic amines) is 1. The Labute approximate surface area is 74.6 Å². The molecule has 0 amide bonds. The Hall–Kier alpha value is -0.520. The Bertz CT molecular complexity index is 187.